The van der Waals surface area contributed by atoms with Crippen LogP contribution in [-0.2, 0) is 14.8 Å². The molecule has 1 fully saturated rings. The van der Waals surface area contributed by atoms with E-state index in [-0.39, 0.29) is 11.7 Å². The summed E-state index contributed by atoms with van der Waals surface area (Å²) in [5.74, 6) is -0.549. The quantitative estimate of drug-likeness (QED) is 0.834. The molecule has 0 aliphatic carbocycles. The normalized spacial score (nSPS) is 21.9. The van der Waals surface area contributed by atoms with Gasteiger partial charge in [0.2, 0.25) is 10.0 Å². The van der Waals surface area contributed by atoms with Gasteiger partial charge in [-0.1, -0.05) is 6.92 Å². The van der Waals surface area contributed by atoms with Crippen LogP contribution in [0.15, 0.2) is 24.4 Å². The van der Waals surface area contributed by atoms with E-state index in [1.807, 2.05) is 6.92 Å². The van der Waals surface area contributed by atoms with Gasteiger partial charge in [0.05, 0.1) is 5.75 Å². The molecule has 1 aromatic heterocycles. The Balaban J connectivity index is 2.31. The molecule has 0 aromatic carbocycles. The lowest BCUT2D eigenvalue weighted by Gasteiger charge is -2.15. The molecule has 1 unspecified atom stereocenters. The lowest BCUT2D eigenvalue weighted by Crippen LogP contribution is -2.26. The molecule has 0 spiro atoms. The molecule has 1 atom stereocenters. The van der Waals surface area contributed by atoms with Crippen LogP contribution in [0, 0.1) is 5.92 Å². The lowest BCUT2D eigenvalue weighted by molar-refractivity contribution is -0.131. The average Bonchev–Trinajstić information content (AvgIpc) is 2.60. The molecule has 19 heavy (non-hydrogen) atoms. The number of rotatable bonds is 3. The zero-order chi connectivity index (χ0) is 14.0. The number of aliphatic carboxylic acids is 1. The van der Waals surface area contributed by atoms with Gasteiger partial charge in [-0.2, -0.15) is 0 Å². The van der Waals surface area contributed by atoms with Crippen LogP contribution in [0.25, 0.3) is 6.08 Å². The van der Waals surface area contributed by atoms with Gasteiger partial charge >= 0.3 is 5.97 Å². The van der Waals surface area contributed by atoms with Crippen molar-refractivity contribution < 1.29 is 18.3 Å². The van der Waals surface area contributed by atoms with Crippen LogP contribution < -0.4 is 4.31 Å². The summed E-state index contributed by atoms with van der Waals surface area (Å²) in [6, 6.07) is 3.18. The van der Waals surface area contributed by atoms with Crippen molar-refractivity contribution in [3.05, 3.63) is 30.0 Å². The van der Waals surface area contributed by atoms with E-state index in [0.717, 1.165) is 6.08 Å². The third-order valence-electron chi connectivity index (χ3n) is 2.75. The number of carbonyl (C=O) groups is 1. The van der Waals surface area contributed by atoms with E-state index in [2.05, 4.69) is 4.98 Å². The van der Waals surface area contributed by atoms with E-state index in [0.29, 0.717) is 17.9 Å². The predicted molar refractivity (Wildman–Crippen MR) is 71.2 cm³/mol. The zero-order valence-corrected chi connectivity index (χ0v) is 11.2. The van der Waals surface area contributed by atoms with Crippen LogP contribution in [0.2, 0.25) is 0 Å². The Morgan fingerprint density at radius 2 is 2.32 bits per heavy atom. The number of nitrogens with zero attached hydrogens (tertiary/aromatic N) is 2. The van der Waals surface area contributed by atoms with Crippen LogP contribution >= 0.6 is 0 Å². The first-order valence-electron chi connectivity index (χ1n) is 5.76. The van der Waals surface area contributed by atoms with Gasteiger partial charge in [-0.25, -0.2) is 18.2 Å². The van der Waals surface area contributed by atoms with Crippen molar-refractivity contribution >= 4 is 27.9 Å². The van der Waals surface area contributed by atoms with Crippen molar-refractivity contribution in [2.45, 2.75) is 6.92 Å². The minimum atomic E-state index is -3.31. The highest BCUT2D eigenvalue weighted by atomic mass is 32.2. The van der Waals surface area contributed by atoms with Crippen LogP contribution in [0.4, 0.5) is 5.82 Å². The fraction of sp³-hybridized carbons (Fsp3) is 0.333. The molecule has 0 saturated carbocycles. The SMILES string of the molecule is CC1CN(c2cc(/C=C/C(=O)O)ccn2)S(=O)(=O)C1. The largest absolute Gasteiger partial charge is 0.478 e. The maximum Gasteiger partial charge on any atom is 0.328 e. The number of carboxylic acids is 1. The van der Waals surface area contributed by atoms with Gasteiger partial charge in [-0.05, 0) is 29.7 Å². The van der Waals surface area contributed by atoms with Gasteiger partial charge < -0.3 is 5.11 Å². The number of pyridine rings is 1. The number of anilines is 1. The molecule has 6 nitrogen and oxygen atoms in total. The zero-order valence-electron chi connectivity index (χ0n) is 10.4. The molecule has 1 N–H and O–H groups in total. The summed E-state index contributed by atoms with van der Waals surface area (Å²) in [4.78, 5) is 14.5. The van der Waals surface area contributed by atoms with Gasteiger partial charge in [-0.3, -0.25) is 4.31 Å². The van der Waals surface area contributed by atoms with Crippen molar-refractivity contribution in [2.24, 2.45) is 5.92 Å². The topological polar surface area (TPSA) is 87.6 Å². The third kappa shape index (κ3) is 3.11. The van der Waals surface area contributed by atoms with E-state index in [9.17, 15) is 13.2 Å². The lowest BCUT2D eigenvalue weighted by atomic mass is 10.2. The average molecular weight is 282 g/mol. The van der Waals surface area contributed by atoms with Crippen LogP contribution in [0.3, 0.4) is 0 Å². The summed E-state index contributed by atoms with van der Waals surface area (Å²) in [7, 11) is -3.31. The Morgan fingerprint density at radius 1 is 1.58 bits per heavy atom. The van der Waals surface area contributed by atoms with Crippen molar-refractivity contribution in [1.82, 2.24) is 4.98 Å². The first-order valence-corrected chi connectivity index (χ1v) is 7.37. The Labute approximate surface area is 111 Å². The minimum absolute atomic E-state index is 0.0602. The molecule has 0 amide bonds. The molecular weight excluding hydrogens is 268 g/mol. The van der Waals surface area contributed by atoms with E-state index in [4.69, 9.17) is 5.11 Å². The maximum atomic E-state index is 11.9. The van der Waals surface area contributed by atoms with E-state index in [1.54, 1.807) is 12.1 Å². The number of sulfonamides is 1. The standard InChI is InChI=1S/C12H14N2O4S/c1-9-7-14(19(17,18)8-9)11-6-10(4-5-13-11)2-3-12(15)16/h2-6,9H,7-8H2,1H3,(H,15,16)/b3-2+. The van der Waals surface area contributed by atoms with Crippen molar-refractivity contribution in [2.75, 3.05) is 16.6 Å². The highest BCUT2D eigenvalue weighted by Crippen LogP contribution is 2.25. The highest BCUT2D eigenvalue weighted by molar-refractivity contribution is 7.93. The summed E-state index contributed by atoms with van der Waals surface area (Å²) in [5, 5.41) is 8.56. The molecule has 1 saturated heterocycles. The highest BCUT2D eigenvalue weighted by Gasteiger charge is 2.34. The van der Waals surface area contributed by atoms with Crippen molar-refractivity contribution in [1.29, 1.82) is 0 Å². The van der Waals surface area contributed by atoms with Crippen molar-refractivity contribution in [3.8, 4) is 0 Å². The van der Waals surface area contributed by atoms with Crippen LogP contribution in [0.1, 0.15) is 12.5 Å². The molecule has 0 bridgehead atoms. The smallest absolute Gasteiger partial charge is 0.328 e. The third-order valence-corrected chi connectivity index (χ3v) is 4.75. The minimum Gasteiger partial charge on any atom is -0.478 e. The fourth-order valence-electron chi connectivity index (χ4n) is 1.98. The second kappa shape index (κ2) is 5.00. The van der Waals surface area contributed by atoms with Gasteiger partial charge in [0.1, 0.15) is 5.82 Å². The number of hydrogen-bond donors (Lipinski definition) is 1. The Kier molecular flexibility index (Phi) is 3.57. The number of aromatic nitrogens is 1. The second-order valence-corrected chi connectivity index (χ2v) is 6.47. The van der Waals surface area contributed by atoms with Crippen molar-refractivity contribution in [3.63, 3.8) is 0 Å². The second-order valence-electron chi connectivity index (χ2n) is 4.53. The summed E-state index contributed by atoms with van der Waals surface area (Å²) in [6.07, 6.45) is 3.87. The fourth-order valence-corrected chi connectivity index (χ4v) is 3.85. The summed E-state index contributed by atoms with van der Waals surface area (Å²) in [5.41, 5.74) is 0.599. The van der Waals surface area contributed by atoms with E-state index in [1.165, 1.54) is 16.6 Å². The van der Waals surface area contributed by atoms with Crippen LogP contribution in [-0.4, -0.2) is 36.8 Å². The first kappa shape index (κ1) is 13.5. The van der Waals surface area contributed by atoms with Crippen LogP contribution in [0.5, 0.6) is 0 Å². The Morgan fingerprint density at radius 3 is 2.89 bits per heavy atom. The molecular formula is C12H14N2O4S. The molecule has 102 valence electrons. The number of hydrogen-bond acceptors (Lipinski definition) is 4. The molecule has 2 rings (SSSR count). The Hall–Kier alpha value is -1.89. The summed E-state index contributed by atoms with van der Waals surface area (Å²) >= 11 is 0. The van der Waals surface area contributed by atoms with Gasteiger partial charge in [0.25, 0.3) is 0 Å². The molecule has 0 radical (unpaired) electrons. The van der Waals surface area contributed by atoms with Gasteiger partial charge in [0.15, 0.2) is 0 Å². The first-order chi connectivity index (χ1) is 8.88. The summed E-state index contributed by atoms with van der Waals surface area (Å²) < 4.78 is 25.1. The van der Waals surface area contributed by atoms with Gasteiger partial charge in [0, 0.05) is 18.8 Å². The maximum absolute atomic E-state index is 11.9. The Bertz CT molecular complexity index is 624. The molecule has 1 aliphatic rings. The predicted octanol–water partition coefficient (Wildman–Crippen LogP) is 0.965. The van der Waals surface area contributed by atoms with Gasteiger partial charge in [-0.15, -0.1) is 0 Å². The molecule has 7 heteroatoms. The monoisotopic (exact) mass is 282 g/mol. The summed E-state index contributed by atoms with van der Waals surface area (Å²) in [6.45, 7) is 2.27. The number of carboxylic acid groups (broad SMARTS) is 1. The molecule has 2 heterocycles. The van der Waals surface area contributed by atoms with E-state index >= 15 is 0 Å². The molecule has 1 aliphatic heterocycles. The molecule has 1 aromatic rings. The van der Waals surface area contributed by atoms with E-state index < -0.39 is 16.0 Å².